The average molecular weight is 664 g/mol. The summed E-state index contributed by atoms with van der Waals surface area (Å²) in [6.45, 7) is 10.7. The van der Waals surface area contributed by atoms with Gasteiger partial charge in [0.05, 0.1) is 30.3 Å². The lowest BCUT2D eigenvalue weighted by atomic mass is 10.0. The highest BCUT2D eigenvalue weighted by molar-refractivity contribution is 7.89. The highest BCUT2D eigenvalue weighted by atomic mass is 32.2. The summed E-state index contributed by atoms with van der Waals surface area (Å²) in [4.78, 5) is 27.0. The molecule has 0 radical (unpaired) electrons. The number of nitrogens with zero attached hydrogens (tertiary/aromatic N) is 2. The van der Waals surface area contributed by atoms with Gasteiger partial charge in [0.15, 0.2) is 18.1 Å². The topological polar surface area (TPSA) is 153 Å². The van der Waals surface area contributed by atoms with Crippen molar-refractivity contribution < 1.29 is 46.8 Å². The molecule has 0 bridgehead atoms. The zero-order chi connectivity index (χ0) is 33.5. The molecule has 254 valence electrons. The summed E-state index contributed by atoms with van der Waals surface area (Å²) in [5.41, 5.74) is -0.0511. The average Bonchev–Trinajstić information content (AvgIpc) is 3.47. The van der Waals surface area contributed by atoms with Crippen LogP contribution in [0, 0.1) is 5.92 Å². The normalized spacial score (nSPS) is 16.3. The number of alkyl carbamates (subject to hydrolysis) is 1. The lowest BCUT2D eigenvalue weighted by Gasteiger charge is -2.31. The number of sulfonamides is 1. The molecule has 0 spiro atoms. The number of benzene rings is 2. The number of carbonyl (C=O) groups is 2. The van der Waals surface area contributed by atoms with Crippen LogP contribution >= 0.6 is 0 Å². The number of ether oxygens (including phenoxy) is 5. The molecule has 0 saturated carbocycles. The molecule has 2 aromatic carbocycles. The Hall–Kier alpha value is -3.59. The van der Waals surface area contributed by atoms with E-state index in [2.05, 4.69) is 5.32 Å². The van der Waals surface area contributed by atoms with Crippen molar-refractivity contribution in [1.29, 1.82) is 0 Å². The Morgan fingerprint density at radius 3 is 2.35 bits per heavy atom. The van der Waals surface area contributed by atoms with Gasteiger partial charge in [-0.15, -0.1) is 0 Å². The lowest BCUT2D eigenvalue weighted by Crippen LogP contribution is -2.51. The molecule has 14 heteroatoms. The van der Waals surface area contributed by atoms with E-state index in [-0.39, 0.29) is 49.6 Å². The van der Waals surface area contributed by atoms with Gasteiger partial charge >= 0.3 is 6.09 Å². The number of hydrogen-bond donors (Lipinski definition) is 2. The first-order valence-electron chi connectivity index (χ1n) is 15.4. The molecule has 2 aromatic rings. The molecule has 2 aliphatic rings. The molecule has 2 aliphatic heterocycles. The third-order valence-corrected chi connectivity index (χ3v) is 9.04. The van der Waals surface area contributed by atoms with Gasteiger partial charge in [0.2, 0.25) is 16.8 Å². The highest BCUT2D eigenvalue weighted by Gasteiger charge is 2.33. The van der Waals surface area contributed by atoms with E-state index < -0.39 is 33.9 Å². The van der Waals surface area contributed by atoms with Gasteiger partial charge in [-0.25, -0.2) is 13.2 Å². The molecule has 0 aliphatic carbocycles. The summed E-state index contributed by atoms with van der Waals surface area (Å²) in [5.74, 6) is 1.08. The van der Waals surface area contributed by atoms with E-state index in [1.807, 2.05) is 13.8 Å². The van der Waals surface area contributed by atoms with Crippen LogP contribution in [0.3, 0.4) is 0 Å². The van der Waals surface area contributed by atoms with Gasteiger partial charge in [-0.05, 0) is 62.9 Å². The number of morpholine rings is 1. The fourth-order valence-electron chi connectivity index (χ4n) is 4.97. The van der Waals surface area contributed by atoms with Crippen LogP contribution in [0.4, 0.5) is 4.79 Å². The largest absolute Gasteiger partial charge is 0.484 e. The third-order valence-electron chi connectivity index (χ3n) is 7.21. The Balaban J connectivity index is 1.49. The molecule has 2 N–H and O–H groups in total. The molecule has 4 rings (SSSR count). The minimum atomic E-state index is -4.06. The van der Waals surface area contributed by atoms with Gasteiger partial charge in [-0.2, -0.15) is 4.31 Å². The smallest absolute Gasteiger partial charge is 0.407 e. The van der Waals surface area contributed by atoms with Crippen LogP contribution in [0.25, 0.3) is 0 Å². The maximum atomic E-state index is 13.8. The first-order valence-corrected chi connectivity index (χ1v) is 16.8. The number of aliphatic hydroxyl groups is 1. The van der Waals surface area contributed by atoms with Gasteiger partial charge < -0.3 is 39.0 Å². The Morgan fingerprint density at radius 2 is 1.70 bits per heavy atom. The summed E-state index contributed by atoms with van der Waals surface area (Å²) in [5, 5.41) is 14.2. The van der Waals surface area contributed by atoms with Crippen molar-refractivity contribution >= 4 is 22.0 Å². The molecule has 1 fully saturated rings. The second-order valence-electron chi connectivity index (χ2n) is 12.7. The second-order valence-corrected chi connectivity index (χ2v) is 14.6. The molecule has 46 heavy (non-hydrogen) atoms. The summed E-state index contributed by atoms with van der Waals surface area (Å²) >= 11 is 0. The predicted octanol–water partition coefficient (Wildman–Crippen LogP) is 2.80. The SMILES string of the molecule is CC(C)CN(CC(O)C(Cc1ccc(OCC(=O)N2CCOCC2)cc1)NC(=O)OC(C)(C)C)S(=O)(=O)c1ccc2c(c1)OCO2. The molecule has 2 unspecified atom stereocenters. The maximum Gasteiger partial charge on any atom is 0.407 e. The van der Waals surface area contributed by atoms with Crippen molar-refractivity contribution in [1.82, 2.24) is 14.5 Å². The van der Waals surface area contributed by atoms with Crippen LogP contribution in [0.1, 0.15) is 40.2 Å². The second kappa shape index (κ2) is 15.3. The molecule has 2 atom stereocenters. The minimum absolute atomic E-state index is 0.00365. The van der Waals surface area contributed by atoms with Gasteiger partial charge in [-0.3, -0.25) is 4.79 Å². The van der Waals surface area contributed by atoms with Crippen molar-refractivity contribution in [2.45, 2.75) is 63.7 Å². The minimum Gasteiger partial charge on any atom is -0.484 e. The monoisotopic (exact) mass is 663 g/mol. The Labute approximate surface area is 270 Å². The first-order chi connectivity index (χ1) is 21.7. The van der Waals surface area contributed by atoms with E-state index >= 15 is 0 Å². The van der Waals surface area contributed by atoms with Gasteiger partial charge in [-0.1, -0.05) is 26.0 Å². The van der Waals surface area contributed by atoms with E-state index in [1.165, 1.54) is 22.5 Å². The van der Waals surface area contributed by atoms with Crippen molar-refractivity contribution in [2.24, 2.45) is 5.92 Å². The van der Waals surface area contributed by atoms with Crippen LogP contribution in [0.15, 0.2) is 47.4 Å². The summed E-state index contributed by atoms with van der Waals surface area (Å²) < 4.78 is 55.9. The molecule has 0 aromatic heterocycles. The van der Waals surface area contributed by atoms with Crippen LogP contribution in [0.5, 0.6) is 17.2 Å². The number of hydrogen-bond acceptors (Lipinski definition) is 10. The van der Waals surface area contributed by atoms with E-state index in [0.29, 0.717) is 43.6 Å². The van der Waals surface area contributed by atoms with Crippen LogP contribution in [0.2, 0.25) is 0 Å². The number of aliphatic hydroxyl groups excluding tert-OH is 1. The van der Waals surface area contributed by atoms with Gasteiger partial charge in [0.25, 0.3) is 5.91 Å². The fraction of sp³-hybridized carbons (Fsp3) is 0.562. The van der Waals surface area contributed by atoms with Crippen molar-refractivity contribution in [3.63, 3.8) is 0 Å². The van der Waals surface area contributed by atoms with E-state index in [4.69, 9.17) is 23.7 Å². The molecule has 2 heterocycles. The number of carbonyl (C=O) groups excluding carboxylic acids is 2. The predicted molar refractivity (Wildman–Crippen MR) is 168 cm³/mol. The van der Waals surface area contributed by atoms with E-state index in [9.17, 15) is 23.1 Å². The molecular formula is C32H45N3O10S. The summed E-state index contributed by atoms with van der Waals surface area (Å²) in [6, 6.07) is 10.4. The number of fused-ring (bicyclic) bond motifs is 1. The molecule has 2 amide bonds. The molecule has 1 saturated heterocycles. The van der Waals surface area contributed by atoms with Gasteiger partial charge in [0, 0.05) is 32.2 Å². The van der Waals surface area contributed by atoms with Crippen molar-refractivity contribution in [2.75, 3.05) is 52.8 Å². The summed E-state index contributed by atoms with van der Waals surface area (Å²) in [6.07, 6.45) is -1.89. The summed E-state index contributed by atoms with van der Waals surface area (Å²) in [7, 11) is -4.06. The molecule has 13 nitrogen and oxygen atoms in total. The maximum absolute atomic E-state index is 13.8. The van der Waals surface area contributed by atoms with Gasteiger partial charge in [0.1, 0.15) is 11.4 Å². The number of rotatable bonds is 13. The zero-order valence-corrected chi connectivity index (χ0v) is 27.9. The number of nitrogens with one attached hydrogen (secondary N) is 1. The Kier molecular flexibility index (Phi) is 11.8. The lowest BCUT2D eigenvalue weighted by molar-refractivity contribution is -0.137. The third kappa shape index (κ3) is 9.95. The van der Waals surface area contributed by atoms with E-state index in [0.717, 1.165) is 5.56 Å². The fourth-order valence-corrected chi connectivity index (χ4v) is 6.60. The standard InChI is InChI=1S/C32H45N3O10S/c1-22(2)18-35(46(39,40)25-10-11-28-29(17-25)44-21-43-28)19-27(36)26(33-31(38)45-32(3,4)5)16-23-6-8-24(9-7-23)42-20-30(37)34-12-14-41-15-13-34/h6-11,17,22,26-27,36H,12-16,18-21H2,1-5H3,(H,33,38). The first kappa shape index (κ1) is 35.3. The van der Waals surface area contributed by atoms with E-state index in [1.54, 1.807) is 49.9 Å². The quantitative estimate of drug-likeness (QED) is 0.327. The number of amides is 2. The highest BCUT2D eigenvalue weighted by Crippen LogP contribution is 2.35. The van der Waals surface area contributed by atoms with Crippen LogP contribution in [-0.4, -0.2) is 105 Å². The molecular weight excluding hydrogens is 618 g/mol. The van der Waals surface area contributed by atoms with Crippen molar-refractivity contribution in [3.8, 4) is 17.2 Å². The van der Waals surface area contributed by atoms with Crippen molar-refractivity contribution in [3.05, 3.63) is 48.0 Å². The van der Waals surface area contributed by atoms with Crippen LogP contribution < -0.4 is 19.5 Å². The Morgan fingerprint density at radius 1 is 1.02 bits per heavy atom. The zero-order valence-electron chi connectivity index (χ0n) is 27.1. The van der Waals surface area contributed by atoms with Crippen LogP contribution in [-0.2, 0) is 30.7 Å². The Bertz CT molecular complexity index is 1440.